The maximum atomic E-state index is 12.4. The molecule has 1 aliphatic heterocycles. The van der Waals surface area contributed by atoms with E-state index in [0.717, 1.165) is 12.8 Å². The van der Waals surface area contributed by atoms with Crippen LogP contribution in [0.15, 0.2) is 0 Å². The first-order valence-corrected chi connectivity index (χ1v) is 7.38. The predicted molar refractivity (Wildman–Crippen MR) is 76.6 cm³/mol. The van der Waals surface area contributed by atoms with Crippen molar-refractivity contribution in [3.63, 3.8) is 0 Å². The molecule has 4 heteroatoms. The van der Waals surface area contributed by atoms with Crippen molar-refractivity contribution in [3.05, 3.63) is 0 Å². The van der Waals surface area contributed by atoms with Gasteiger partial charge in [-0.3, -0.25) is 9.59 Å². The summed E-state index contributed by atoms with van der Waals surface area (Å²) in [6.07, 6.45) is 2.03. The van der Waals surface area contributed by atoms with Gasteiger partial charge in [-0.05, 0) is 38.5 Å². The summed E-state index contributed by atoms with van der Waals surface area (Å²) >= 11 is 0. The van der Waals surface area contributed by atoms with Gasteiger partial charge in [0.15, 0.2) is 0 Å². The largest absolute Gasteiger partial charge is 0.343 e. The van der Waals surface area contributed by atoms with Gasteiger partial charge in [0.25, 0.3) is 0 Å². The lowest BCUT2D eigenvalue weighted by molar-refractivity contribution is -0.153. The fraction of sp³-hybridized carbons (Fsp3) is 0.867. The number of hydrogen-bond acceptors (Lipinski definition) is 2. The van der Waals surface area contributed by atoms with Crippen LogP contribution in [0.25, 0.3) is 0 Å². The normalized spacial score (nSPS) is 26.0. The Labute approximate surface area is 116 Å². The van der Waals surface area contributed by atoms with Crippen LogP contribution in [-0.2, 0) is 9.59 Å². The molecule has 0 aromatic rings. The molecule has 0 radical (unpaired) electrons. The lowest BCUT2D eigenvalue weighted by Crippen LogP contribution is -2.66. The van der Waals surface area contributed by atoms with Crippen molar-refractivity contribution in [1.82, 2.24) is 10.2 Å². The number of amides is 2. The Morgan fingerprint density at radius 2 is 1.68 bits per heavy atom. The van der Waals surface area contributed by atoms with E-state index in [2.05, 4.69) is 26.1 Å². The molecule has 3 unspecified atom stereocenters. The molecule has 19 heavy (non-hydrogen) atoms. The van der Waals surface area contributed by atoms with Gasteiger partial charge in [-0.1, -0.05) is 27.7 Å². The fourth-order valence-corrected chi connectivity index (χ4v) is 2.68. The molecule has 0 spiro atoms. The highest BCUT2D eigenvalue weighted by molar-refractivity contribution is 5.97. The number of carbonyl (C=O) groups is 2. The van der Waals surface area contributed by atoms with E-state index in [-0.39, 0.29) is 29.8 Å². The van der Waals surface area contributed by atoms with Crippen LogP contribution in [0.2, 0.25) is 0 Å². The van der Waals surface area contributed by atoms with Gasteiger partial charge in [0.1, 0.15) is 12.1 Å². The third-order valence-corrected chi connectivity index (χ3v) is 3.82. The highest BCUT2D eigenvalue weighted by atomic mass is 16.2. The summed E-state index contributed by atoms with van der Waals surface area (Å²) in [5, 5.41) is 2.78. The Bertz CT molecular complexity index is 339. The van der Waals surface area contributed by atoms with Gasteiger partial charge in [0, 0.05) is 6.04 Å². The molecule has 0 aromatic carbocycles. The van der Waals surface area contributed by atoms with Crippen molar-refractivity contribution in [1.29, 1.82) is 0 Å². The Morgan fingerprint density at radius 1 is 1.11 bits per heavy atom. The third kappa shape index (κ3) is 3.71. The summed E-state index contributed by atoms with van der Waals surface area (Å²) in [4.78, 5) is 26.3. The number of rotatable bonds is 5. The second-order valence-electron chi connectivity index (χ2n) is 6.48. The molecule has 4 nitrogen and oxygen atoms in total. The van der Waals surface area contributed by atoms with E-state index in [1.807, 2.05) is 18.7 Å². The van der Waals surface area contributed by atoms with Gasteiger partial charge < -0.3 is 10.2 Å². The second-order valence-corrected chi connectivity index (χ2v) is 6.48. The second kappa shape index (κ2) is 6.40. The zero-order chi connectivity index (χ0) is 14.7. The van der Waals surface area contributed by atoms with Crippen LogP contribution in [-0.4, -0.2) is 34.8 Å². The number of hydrogen-bond donors (Lipinski definition) is 1. The number of carbonyl (C=O) groups excluding carboxylic acids is 2. The Hall–Kier alpha value is -1.06. The molecule has 1 aliphatic rings. The summed E-state index contributed by atoms with van der Waals surface area (Å²) in [5.74, 6) is 0.789. The minimum absolute atomic E-state index is 0.0153. The van der Waals surface area contributed by atoms with E-state index in [1.54, 1.807) is 6.92 Å². The molecule has 0 aromatic heterocycles. The van der Waals surface area contributed by atoms with E-state index in [9.17, 15) is 9.59 Å². The molecule has 0 aliphatic carbocycles. The van der Waals surface area contributed by atoms with Crippen molar-refractivity contribution in [3.8, 4) is 0 Å². The van der Waals surface area contributed by atoms with Gasteiger partial charge >= 0.3 is 0 Å². The number of nitrogens with zero attached hydrogens (tertiary/aromatic N) is 1. The van der Waals surface area contributed by atoms with Crippen molar-refractivity contribution >= 4 is 11.8 Å². The van der Waals surface area contributed by atoms with E-state index in [1.165, 1.54) is 0 Å². The van der Waals surface area contributed by atoms with Crippen molar-refractivity contribution in [2.45, 2.75) is 72.5 Å². The summed E-state index contributed by atoms with van der Waals surface area (Å²) in [6.45, 7) is 12.2. The van der Waals surface area contributed by atoms with Crippen LogP contribution in [0.4, 0.5) is 0 Å². The zero-order valence-corrected chi connectivity index (χ0v) is 13.1. The van der Waals surface area contributed by atoms with E-state index in [0.29, 0.717) is 5.92 Å². The Balaban J connectivity index is 2.88. The maximum absolute atomic E-state index is 12.4. The zero-order valence-electron chi connectivity index (χ0n) is 13.1. The van der Waals surface area contributed by atoms with Crippen LogP contribution >= 0.6 is 0 Å². The van der Waals surface area contributed by atoms with E-state index < -0.39 is 6.04 Å². The molecule has 1 saturated heterocycles. The number of nitrogens with one attached hydrogen (secondary N) is 1. The third-order valence-electron chi connectivity index (χ3n) is 3.82. The molecule has 1 rings (SSSR count). The standard InChI is InChI=1S/C15H28N2O2/c1-9(2)7-8-11(5)17-13(10(3)4)14(18)16-12(6)15(17)19/h9-13H,7-8H2,1-6H3,(H,16,18). The lowest BCUT2D eigenvalue weighted by Gasteiger charge is -2.43. The maximum Gasteiger partial charge on any atom is 0.245 e. The summed E-state index contributed by atoms with van der Waals surface area (Å²) in [5.41, 5.74) is 0. The van der Waals surface area contributed by atoms with Crippen LogP contribution in [0.3, 0.4) is 0 Å². The predicted octanol–water partition coefficient (Wildman–Crippen LogP) is 2.18. The molecule has 1 heterocycles. The van der Waals surface area contributed by atoms with Gasteiger partial charge in [-0.2, -0.15) is 0 Å². The van der Waals surface area contributed by atoms with Crippen molar-refractivity contribution < 1.29 is 9.59 Å². The monoisotopic (exact) mass is 268 g/mol. The average molecular weight is 268 g/mol. The lowest BCUT2D eigenvalue weighted by atomic mass is 9.93. The van der Waals surface area contributed by atoms with E-state index in [4.69, 9.17) is 0 Å². The average Bonchev–Trinajstić information content (AvgIpc) is 2.29. The highest BCUT2D eigenvalue weighted by Crippen LogP contribution is 2.23. The molecule has 3 atom stereocenters. The molecule has 2 amide bonds. The molecule has 0 saturated carbocycles. The minimum Gasteiger partial charge on any atom is -0.343 e. The van der Waals surface area contributed by atoms with Gasteiger partial charge in [-0.25, -0.2) is 0 Å². The molecular weight excluding hydrogens is 240 g/mol. The Morgan fingerprint density at radius 3 is 2.16 bits per heavy atom. The summed E-state index contributed by atoms with van der Waals surface area (Å²) in [7, 11) is 0. The van der Waals surface area contributed by atoms with E-state index >= 15 is 0 Å². The fourth-order valence-electron chi connectivity index (χ4n) is 2.68. The summed E-state index contributed by atoms with van der Waals surface area (Å²) in [6, 6.07) is -0.606. The highest BCUT2D eigenvalue weighted by Gasteiger charge is 2.42. The van der Waals surface area contributed by atoms with Crippen LogP contribution < -0.4 is 5.32 Å². The van der Waals surface area contributed by atoms with Gasteiger partial charge in [-0.15, -0.1) is 0 Å². The molecule has 1 fully saturated rings. The topological polar surface area (TPSA) is 49.4 Å². The number of piperazine rings is 1. The van der Waals surface area contributed by atoms with Crippen LogP contribution in [0.1, 0.15) is 54.4 Å². The smallest absolute Gasteiger partial charge is 0.245 e. The first kappa shape index (κ1) is 16.0. The molecule has 1 N–H and O–H groups in total. The Kier molecular flexibility index (Phi) is 5.39. The van der Waals surface area contributed by atoms with Crippen LogP contribution in [0, 0.1) is 11.8 Å². The first-order valence-electron chi connectivity index (χ1n) is 7.38. The minimum atomic E-state index is -0.399. The SMILES string of the molecule is CC(C)CCC(C)N1C(=O)C(C)NC(=O)C1C(C)C. The molecule has 0 bridgehead atoms. The molecule has 110 valence electrons. The first-order chi connectivity index (χ1) is 8.75. The van der Waals surface area contributed by atoms with Gasteiger partial charge in [0.05, 0.1) is 0 Å². The van der Waals surface area contributed by atoms with Gasteiger partial charge in [0.2, 0.25) is 11.8 Å². The quantitative estimate of drug-likeness (QED) is 0.831. The van der Waals surface area contributed by atoms with Crippen molar-refractivity contribution in [2.75, 3.05) is 0 Å². The van der Waals surface area contributed by atoms with Crippen molar-refractivity contribution in [2.24, 2.45) is 11.8 Å². The summed E-state index contributed by atoms with van der Waals surface area (Å²) < 4.78 is 0. The van der Waals surface area contributed by atoms with Crippen LogP contribution in [0.5, 0.6) is 0 Å². The molecular formula is C15H28N2O2.